The van der Waals surface area contributed by atoms with Crippen LogP contribution in [-0.2, 0) is 0 Å². The van der Waals surface area contributed by atoms with Crippen molar-refractivity contribution in [2.24, 2.45) is 0 Å². The van der Waals surface area contributed by atoms with Crippen molar-refractivity contribution in [1.82, 2.24) is 0 Å². The van der Waals surface area contributed by atoms with Gasteiger partial charge in [-0.25, -0.2) is 10.0 Å². The Hall–Kier alpha value is -0.550. The van der Waals surface area contributed by atoms with Crippen LogP contribution in [0.2, 0.25) is 5.02 Å². The first-order valence-electron chi connectivity index (χ1n) is 9.99. The van der Waals surface area contributed by atoms with Gasteiger partial charge in [0.05, 0.1) is 5.02 Å². The lowest BCUT2D eigenvalue weighted by Gasteiger charge is -2.42. The van der Waals surface area contributed by atoms with Crippen LogP contribution in [0.4, 0.5) is 13.2 Å². The molecule has 0 fully saturated rings. The highest BCUT2D eigenvalue weighted by Crippen LogP contribution is 2.60. The summed E-state index contributed by atoms with van der Waals surface area (Å²) in [6.45, 7) is 7.60. The summed E-state index contributed by atoms with van der Waals surface area (Å²) in [6, 6.07) is 5.16. The van der Waals surface area contributed by atoms with Crippen LogP contribution in [0.15, 0.2) is 23.1 Å². The Kier molecular flexibility index (Phi) is 10.4. The van der Waals surface area contributed by atoms with Crippen LogP contribution < -0.4 is 4.74 Å². The Bertz CT molecular complexity index is 541. The van der Waals surface area contributed by atoms with Gasteiger partial charge in [0.1, 0.15) is 5.75 Å². The highest BCUT2D eigenvalue weighted by Gasteiger charge is 2.38. The molecule has 0 N–H and O–H groups in total. The zero-order valence-corrected chi connectivity index (χ0v) is 18.6. The van der Waals surface area contributed by atoms with Crippen molar-refractivity contribution < 1.29 is 17.9 Å². The predicted molar refractivity (Wildman–Crippen MR) is 113 cm³/mol. The van der Waals surface area contributed by atoms with Gasteiger partial charge in [0, 0.05) is 4.90 Å². The minimum atomic E-state index is -4.39. The molecule has 0 spiro atoms. The molecule has 0 heterocycles. The van der Waals surface area contributed by atoms with Crippen LogP contribution in [0.25, 0.3) is 0 Å². The van der Waals surface area contributed by atoms with Gasteiger partial charge in [-0.2, -0.15) is 13.2 Å². The molecular weight excluding hydrogens is 393 g/mol. The van der Waals surface area contributed by atoms with Crippen molar-refractivity contribution >= 4 is 21.6 Å². The molecule has 1 rings (SSSR count). The number of alkyl halides is 3. The van der Waals surface area contributed by atoms with Crippen molar-refractivity contribution in [3.8, 4) is 5.75 Å². The van der Waals surface area contributed by atoms with E-state index >= 15 is 0 Å². The van der Waals surface area contributed by atoms with E-state index in [9.17, 15) is 13.2 Å². The molecule has 0 bridgehead atoms. The molecule has 0 aliphatic carbocycles. The topological polar surface area (TPSA) is 9.23 Å². The zero-order chi connectivity index (χ0) is 20.5. The third kappa shape index (κ3) is 7.41. The Morgan fingerprint density at radius 3 is 1.81 bits per heavy atom. The number of rotatable bonds is 12. The summed E-state index contributed by atoms with van der Waals surface area (Å²) in [5.74, 6) is 3.61. The molecule has 158 valence electrons. The number of hydrogen-bond acceptors (Lipinski definition) is 1. The Balaban J connectivity index is 3.19. The minimum Gasteiger partial charge on any atom is -0.481 e. The third-order valence-corrected chi connectivity index (χ3v) is 9.73. The second kappa shape index (κ2) is 11.5. The second-order valence-electron chi connectivity index (χ2n) is 7.11. The SMILES string of the molecule is CCCCS(CCCC)(CCCC)c1ccc(O[C@@H](C)C(F)(F)F)cc1Cl. The van der Waals surface area contributed by atoms with Gasteiger partial charge in [0.15, 0.2) is 6.10 Å². The van der Waals surface area contributed by atoms with E-state index in [1.807, 2.05) is 6.07 Å². The Morgan fingerprint density at radius 2 is 1.44 bits per heavy atom. The van der Waals surface area contributed by atoms with Crippen LogP contribution in [0.5, 0.6) is 5.75 Å². The minimum absolute atomic E-state index is 0.184. The molecular formula is C21H34ClF3OS. The van der Waals surface area contributed by atoms with Gasteiger partial charge in [0.2, 0.25) is 0 Å². The van der Waals surface area contributed by atoms with E-state index in [-0.39, 0.29) is 5.75 Å². The summed E-state index contributed by atoms with van der Waals surface area (Å²) in [5.41, 5.74) is 0. The molecule has 1 atom stereocenters. The highest BCUT2D eigenvalue weighted by atomic mass is 35.5. The van der Waals surface area contributed by atoms with Crippen molar-refractivity contribution in [3.05, 3.63) is 23.2 Å². The Labute approximate surface area is 169 Å². The maximum Gasteiger partial charge on any atom is 0.425 e. The van der Waals surface area contributed by atoms with E-state index in [1.165, 1.54) is 0 Å². The van der Waals surface area contributed by atoms with Crippen molar-refractivity contribution in [2.75, 3.05) is 17.3 Å². The first-order valence-corrected chi connectivity index (χ1v) is 12.5. The molecule has 0 aliphatic rings. The number of halogens is 4. The summed E-state index contributed by atoms with van der Waals surface area (Å²) < 4.78 is 43.4. The van der Waals surface area contributed by atoms with E-state index in [2.05, 4.69) is 20.8 Å². The van der Waals surface area contributed by atoms with Gasteiger partial charge in [0.25, 0.3) is 0 Å². The average Bonchev–Trinajstić information content (AvgIpc) is 2.61. The molecule has 0 saturated heterocycles. The quantitative estimate of drug-likeness (QED) is 0.327. The van der Waals surface area contributed by atoms with Gasteiger partial charge in [-0.15, -0.1) is 0 Å². The van der Waals surface area contributed by atoms with Gasteiger partial charge in [-0.05, 0) is 61.6 Å². The maximum absolute atomic E-state index is 12.8. The monoisotopic (exact) mass is 426 g/mol. The predicted octanol–water partition coefficient (Wildman–Crippen LogP) is 8.23. The lowest BCUT2D eigenvalue weighted by Crippen LogP contribution is -2.31. The lowest BCUT2D eigenvalue weighted by molar-refractivity contribution is -0.189. The highest BCUT2D eigenvalue weighted by molar-refractivity contribution is 8.33. The largest absolute Gasteiger partial charge is 0.481 e. The zero-order valence-electron chi connectivity index (χ0n) is 17.0. The molecule has 0 saturated carbocycles. The fourth-order valence-electron chi connectivity index (χ4n) is 3.07. The number of hydrogen-bond donors (Lipinski definition) is 0. The van der Waals surface area contributed by atoms with Crippen LogP contribution in [0.3, 0.4) is 0 Å². The van der Waals surface area contributed by atoms with E-state index in [0.29, 0.717) is 5.02 Å². The summed E-state index contributed by atoms with van der Waals surface area (Å²) in [7, 11) is -1.08. The fraction of sp³-hybridized carbons (Fsp3) is 0.714. The maximum atomic E-state index is 12.8. The van der Waals surface area contributed by atoms with E-state index in [0.717, 1.165) is 67.6 Å². The van der Waals surface area contributed by atoms with Crippen LogP contribution in [-0.4, -0.2) is 29.5 Å². The van der Waals surface area contributed by atoms with Crippen molar-refractivity contribution in [3.63, 3.8) is 0 Å². The molecule has 1 nitrogen and oxygen atoms in total. The summed E-state index contributed by atoms with van der Waals surface area (Å²) in [4.78, 5) is 1.14. The average molecular weight is 427 g/mol. The lowest BCUT2D eigenvalue weighted by atomic mass is 10.3. The third-order valence-electron chi connectivity index (χ3n) is 4.81. The molecule has 27 heavy (non-hydrogen) atoms. The molecule has 0 amide bonds. The van der Waals surface area contributed by atoms with Crippen LogP contribution >= 0.6 is 21.6 Å². The number of unbranched alkanes of at least 4 members (excludes halogenated alkanes) is 3. The molecule has 0 aliphatic heterocycles. The smallest absolute Gasteiger partial charge is 0.425 e. The van der Waals surface area contributed by atoms with Gasteiger partial charge >= 0.3 is 6.18 Å². The first kappa shape index (κ1) is 24.5. The molecule has 6 heteroatoms. The van der Waals surface area contributed by atoms with E-state index in [1.54, 1.807) is 12.1 Å². The first-order chi connectivity index (χ1) is 12.7. The van der Waals surface area contributed by atoms with E-state index < -0.39 is 22.3 Å². The Morgan fingerprint density at radius 1 is 0.963 bits per heavy atom. The summed E-state index contributed by atoms with van der Waals surface area (Å²) in [6.07, 6.45) is 0.632. The molecule has 1 aromatic rings. The molecule has 0 radical (unpaired) electrons. The van der Waals surface area contributed by atoms with Gasteiger partial charge in [-0.3, -0.25) is 0 Å². The van der Waals surface area contributed by atoms with Crippen LogP contribution in [0, 0.1) is 0 Å². The van der Waals surface area contributed by atoms with Gasteiger partial charge in [-0.1, -0.05) is 51.6 Å². The standard InChI is InChI=1S/C21H34ClF3OS/c1-5-8-13-27(14-9-6-2,15-10-7-3)20-12-11-18(16-19(20)22)26-17(4)21(23,24)25/h11-12,16-17H,5-10,13-15H2,1-4H3/t17-/m0/s1. The summed E-state index contributed by atoms with van der Waals surface area (Å²) >= 11 is 6.61. The molecule has 0 unspecified atom stereocenters. The number of benzene rings is 1. The fourth-order valence-corrected chi connectivity index (χ4v) is 8.36. The van der Waals surface area contributed by atoms with Crippen molar-refractivity contribution in [2.45, 2.75) is 83.4 Å². The van der Waals surface area contributed by atoms with Crippen molar-refractivity contribution in [1.29, 1.82) is 0 Å². The van der Waals surface area contributed by atoms with E-state index in [4.69, 9.17) is 16.3 Å². The molecule has 1 aromatic carbocycles. The molecule has 0 aromatic heterocycles. The van der Waals surface area contributed by atoms with Crippen LogP contribution in [0.1, 0.15) is 66.2 Å². The van der Waals surface area contributed by atoms with Gasteiger partial charge < -0.3 is 4.74 Å². The summed E-state index contributed by atoms with van der Waals surface area (Å²) in [5, 5.41) is 0.556. The number of ether oxygens (including phenoxy) is 1. The second-order valence-corrected chi connectivity index (χ2v) is 11.3. The normalized spacial score (nSPS) is 14.2.